The Morgan fingerprint density at radius 2 is 2.00 bits per heavy atom. The molecule has 3 rings (SSSR count). The average Bonchev–Trinajstić information content (AvgIpc) is 2.68. The van der Waals surface area contributed by atoms with E-state index in [0.717, 1.165) is 48.4 Å². The summed E-state index contributed by atoms with van der Waals surface area (Å²) in [4.78, 5) is 25.7. The monoisotopic (exact) mass is 475 g/mol. The Hall–Kier alpha value is -1.85. The number of methoxy groups -OCH3 is 1. The quantitative estimate of drug-likeness (QED) is 0.487. The Bertz CT molecular complexity index is 913. The minimum Gasteiger partial charge on any atom is -0.481 e. The number of aliphatic carboxylic acids is 1. The van der Waals surface area contributed by atoms with Crippen molar-refractivity contribution >= 4 is 23.5 Å². The van der Waals surface area contributed by atoms with Crippen LogP contribution in [0.4, 0.5) is 0 Å². The number of rotatable bonds is 9. The number of carboxylic acid groups (broad SMARTS) is 1. The molecule has 2 aliphatic rings. The van der Waals surface area contributed by atoms with Crippen molar-refractivity contribution in [1.82, 2.24) is 4.90 Å². The van der Waals surface area contributed by atoms with E-state index in [1.807, 2.05) is 12.3 Å². The van der Waals surface area contributed by atoms with Crippen molar-refractivity contribution in [3.05, 3.63) is 46.1 Å². The van der Waals surface area contributed by atoms with Gasteiger partial charge in [0.25, 0.3) is 0 Å². The normalized spacial score (nSPS) is 25.6. The van der Waals surface area contributed by atoms with Crippen LogP contribution in [0.5, 0.6) is 0 Å². The molecule has 1 aliphatic carbocycles. The number of aryl methyl sites for hydroxylation is 1. The number of carbonyl (C=O) groups excluding carboxylic acids is 1. The molecule has 0 aromatic heterocycles. The van der Waals surface area contributed by atoms with Crippen molar-refractivity contribution in [2.24, 2.45) is 17.3 Å². The Morgan fingerprint density at radius 3 is 2.58 bits per heavy atom. The number of nitrogens with zero attached hydrogens (tertiary/aromatic N) is 1. The largest absolute Gasteiger partial charge is 0.481 e. The molecule has 1 amide bonds. The van der Waals surface area contributed by atoms with Crippen molar-refractivity contribution in [1.29, 1.82) is 0 Å². The van der Waals surface area contributed by atoms with Gasteiger partial charge in [-0.3, -0.25) is 9.59 Å². The van der Waals surface area contributed by atoms with Gasteiger partial charge in [0.05, 0.1) is 6.42 Å². The predicted octanol–water partition coefficient (Wildman–Crippen LogP) is 5.84. The average molecular weight is 476 g/mol. The lowest BCUT2D eigenvalue weighted by Crippen LogP contribution is -2.45. The Kier molecular flexibility index (Phi) is 7.95. The van der Waals surface area contributed by atoms with E-state index >= 15 is 0 Å². The van der Waals surface area contributed by atoms with Gasteiger partial charge in [-0.2, -0.15) is 0 Å². The fourth-order valence-electron chi connectivity index (χ4n) is 5.08. The molecule has 1 aromatic rings. The molecule has 1 aliphatic heterocycles. The first-order valence-corrected chi connectivity index (χ1v) is 12.3. The molecule has 0 unspecified atom stereocenters. The minimum absolute atomic E-state index is 0.0387. The van der Waals surface area contributed by atoms with E-state index in [1.165, 1.54) is 5.57 Å². The number of allylic oxidation sites excluding steroid dienone is 1. The van der Waals surface area contributed by atoms with Gasteiger partial charge in [-0.25, -0.2) is 0 Å². The third-order valence-corrected chi connectivity index (χ3v) is 7.59. The van der Waals surface area contributed by atoms with Crippen LogP contribution in [0.25, 0.3) is 0 Å². The van der Waals surface area contributed by atoms with Gasteiger partial charge in [-0.1, -0.05) is 51.4 Å². The Labute approximate surface area is 203 Å². The van der Waals surface area contributed by atoms with E-state index in [9.17, 15) is 9.59 Å². The van der Waals surface area contributed by atoms with Gasteiger partial charge in [-0.15, -0.1) is 0 Å². The van der Waals surface area contributed by atoms with Crippen LogP contribution in [0.2, 0.25) is 5.02 Å². The first-order chi connectivity index (χ1) is 15.4. The predicted molar refractivity (Wildman–Crippen MR) is 131 cm³/mol. The molecular formula is C27H38ClNO4. The van der Waals surface area contributed by atoms with Crippen molar-refractivity contribution in [3.8, 4) is 0 Å². The van der Waals surface area contributed by atoms with Crippen LogP contribution < -0.4 is 0 Å². The molecule has 5 nitrogen and oxygen atoms in total. The van der Waals surface area contributed by atoms with E-state index in [0.29, 0.717) is 18.3 Å². The van der Waals surface area contributed by atoms with Gasteiger partial charge in [-0.05, 0) is 65.7 Å². The van der Waals surface area contributed by atoms with Crippen LogP contribution in [-0.2, 0) is 26.2 Å². The molecule has 1 N–H and O–H groups in total. The zero-order valence-electron chi connectivity index (χ0n) is 20.6. The van der Waals surface area contributed by atoms with Gasteiger partial charge in [0, 0.05) is 43.3 Å². The van der Waals surface area contributed by atoms with Gasteiger partial charge in [0.2, 0.25) is 5.91 Å². The maximum Gasteiger partial charge on any atom is 0.305 e. The second kappa shape index (κ2) is 10.2. The number of hydrogen-bond donors (Lipinski definition) is 1. The zero-order valence-corrected chi connectivity index (χ0v) is 21.4. The molecule has 0 spiro atoms. The summed E-state index contributed by atoms with van der Waals surface area (Å²) in [6.07, 6.45) is 6.21. The Morgan fingerprint density at radius 1 is 1.30 bits per heavy atom. The Balaban J connectivity index is 1.90. The summed E-state index contributed by atoms with van der Waals surface area (Å²) >= 11 is 6.73. The SMILES string of the molecule is COCC1CC(C2=CN(CCC(=O)O)C(=O)C[C@@]2(C)c2ccc(CCC(C)(C)C)c(Cl)c2)C1. The summed E-state index contributed by atoms with van der Waals surface area (Å²) in [6.45, 7) is 9.77. The van der Waals surface area contributed by atoms with E-state index < -0.39 is 11.4 Å². The molecule has 0 saturated heterocycles. The van der Waals surface area contributed by atoms with Gasteiger partial charge in [0.1, 0.15) is 0 Å². The molecule has 0 bridgehead atoms. The number of ether oxygens (including phenoxy) is 1. The molecule has 1 aromatic carbocycles. The van der Waals surface area contributed by atoms with Crippen LogP contribution in [0.1, 0.15) is 70.9 Å². The van der Waals surface area contributed by atoms with Crippen LogP contribution in [0.3, 0.4) is 0 Å². The third kappa shape index (κ3) is 6.19. The summed E-state index contributed by atoms with van der Waals surface area (Å²) in [5.74, 6) is -0.0516. The van der Waals surface area contributed by atoms with Gasteiger partial charge in [0.15, 0.2) is 0 Å². The lowest BCUT2D eigenvalue weighted by Gasteiger charge is -2.47. The molecular weight excluding hydrogens is 438 g/mol. The van der Waals surface area contributed by atoms with Gasteiger partial charge < -0.3 is 14.7 Å². The topological polar surface area (TPSA) is 66.8 Å². The highest BCUT2D eigenvalue weighted by atomic mass is 35.5. The fraction of sp³-hybridized carbons (Fsp3) is 0.630. The van der Waals surface area contributed by atoms with E-state index in [-0.39, 0.29) is 24.3 Å². The fourth-order valence-corrected chi connectivity index (χ4v) is 5.36. The summed E-state index contributed by atoms with van der Waals surface area (Å²) < 4.78 is 5.33. The standard InChI is InChI=1S/C27H38ClNO4/c1-26(2,3)10-8-19-6-7-21(14-23(19)28)27(4)15-24(30)29(11-9-25(31)32)16-22(27)20-12-18(13-20)17-33-5/h6-7,14,16,18,20H,8-13,15,17H2,1-5H3,(H,31,32)/t18?,20?,27-/m0/s1. The number of amides is 1. The molecule has 1 saturated carbocycles. The molecule has 1 heterocycles. The van der Waals surface area contributed by atoms with E-state index in [4.69, 9.17) is 21.4 Å². The maximum absolute atomic E-state index is 13.0. The molecule has 6 heteroatoms. The first kappa shape index (κ1) is 25.8. The molecule has 182 valence electrons. The maximum atomic E-state index is 13.0. The van der Waals surface area contributed by atoms with E-state index in [1.54, 1.807) is 12.0 Å². The molecule has 0 radical (unpaired) electrons. The number of halogens is 1. The second-order valence-electron chi connectivity index (χ2n) is 11.2. The van der Waals surface area contributed by atoms with Crippen molar-refractivity contribution in [2.45, 2.75) is 71.6 Å². The second-order valence-corrected chi connectivity index (χ2v) is 11.6. The highest BCUT2D eigenvalue weighted by Crippen LogP contribution is 2.50. The first-order valence-electron chi connectivity index (χ1n) is 11.9. The minimum atomic E-state index is -0.896. The van der Waals surface area contributed by atoms with Crippen molar-refractivity contribution in [3.63, 3.8) is 0 Å². The van der Waals surface area contributed by atoms with Crippen molar-refractivity contribution < 1.29 is 19.4 Å². The number of hydrogen-bond acceptors (Lipinski definition) is 3. The third-order valence-electron chi connectivity index (χ3n) is 7.24. The molecule has 1 fully saturated rings. The molecule has 33 heavy (non-hydrogen) atoms. The molecule has 1 atom stereocenters. The zero-order chi connectivity index (χ0) is 24.4. The van der Waals surface area contributed by atoms with E-state index in [2.05, 4.69) is 39.8 Å². The summed E-state index contributed by atoms with van der Waals surface area (Å²) in [5.41, 5.74) is 3.19. The highest BCUT2D eigenvalue weighted by molar-refractivity contribution is 6.31. The highest BCUT2D eigenvalue weighted by Gasteiger charge is 2.45. The number of carboxylic acids is 1. The van der Waals surface area contributed by atoms with Crippen molar-refractivity contribution in [2.75, 3.05) is 20.3 Å². The summed E-state index contributed by atoms with van der Waals surface area (Å²) in [7, 11) is 1.73. The number of carbonyl (C=O) groups is 2. The smallest absolute Gasteiger partial charge is 0.305 e. The lowest BCUT2D eigenvalue weighted by atomic mass is 9.60. The number of benzene rings is 1. The lowest BCUT2D eigenvalue weighted by molar-refractivity contribution is -0.138. The summed E-state index contributed by atoms with van der Waals surface area (Å²) in [5, 5.41) is 9.85. The summed E-state index contributed by atoms with van der Waals surface area (Å²) in [6, 6.07) is 6.28. The van der Waals surface area contributed by atoms with Crippen LogP contribution in [0.15, 0.2) is 30.0 Å². The van der Waals surface area contributed by atoms with Crippen LogP contribution >= 0.6 is 11.6 Å². The van der Waals surface area contributed by atoms with Crippen LogP contribution in [-0.4, -0.2) is 42.1 Å². The van der Waals surface area contributed by atoms with Gasteiger partial charge >= 0.3 is 5.97 Å². The van der Waals surface area contributed by atoms with Crippen LogP contribution in [0, 0.1) is 17.3 Å².